The molecule has 1 N–H and O–H groups in total. The van der Waals surface area contributed by atoms with Crippen LogP contribution in [0.4, 0.5) is 0 Å². The summed E-state index contributed by atoms with van der Waals surface area (Å²) in [5.74, 6) is -1.07. The molecular formula is C8H8O4S. The Balaban J connectivity index is 3.16. The van der Waals surface area contributed by atoms with Crippen molar-refractivity contribution in [3.05, 3.63) is 29.8 Å². The number of sulfone groups is 1. The molecule has 0 fully saturated rings. The molecule has 0 aromatic heterocycles. The van der Waals surface area contributed by atoms with E-state index < -0.39 is 15.8 Å². The SMILES string of the molecule is [13CH3]S(=O)(=O)c1ccc(C(=O)O)cc1. The Hall–Kier alpha value is -1.36. The molecule has 0 spiro atoms. The van der Waals surface area contributed by atoms with Crippen LogP contribution in [0, 0.1) is 0 Å². The summed E-state index contributed by atoms with van der Waals surface area (Å²) in [6, 6.07) is 5.08. The monoisotopic (exact) mass is 201 g/mol. The van der Waals surface area contributed by atoms with Gasteiger partial charge in [0, 0.05) is 6.26 Å². The van der Waals surface area contributed by atoms with E-state index in [4.69, 9.17) is 5.11 Å². The summed E-state index contributed by atoms with van der Waals surface area (Å²) < 4.78 is 21.9. The van der Waals surface area contributed by atoms with Gasteiger partial charge < -0.3 is 5.11 Å². The number of carbonyl (C=O) groups is 1. The van der Waals surface area contributed by atoms with Crippen molar-refractivity contribution in [2.24, 2.45) is 0 Å². The highest BCUT2D eigenvalue weighted by molar-refractivity contribution is 7.90. The number of benzene rings is 1. The first-order valence-electron chi connectivity index (χ1n) is 3.44. The molecule has 0 amide bonds. The van der Waals surface area contributed by atoms with E-state index in [-0.39, 0.29) is 10.5 Å². The topological polar surface area (TPSA) is 71.4 Å². The lowest BCUT2D eigenvalue weighted by Crippen LogP contribution is -1.99. The minimum absolute atomic E-state index is 0.0763. The second-order valence-corrected chi connectivity index (χ2v) is 4.62. The summed E-state index contributed by atoms with van der Waals surface area (Å²) in [6.07, 6.45) is 1.07. The first-order chi connectivity index (χ1) is 5.91. The molecule has 0 saturated carbocycles. The summed E-state index contributed by atoms with van der Waals surface area (Å²) in [6.45, 7) is 0. The fraction of sp³-hybridized carbons (Fsp3) is 0.125. The summed E-state index contributed by atoms with van der Waals surface area (Å²) in [7, 11) is -3.24. The van der Waals surface area contributed by atoms with Crippen LogP contribution in [0.5, 0.6) is 0 Å². The summed E-state index contributed by atoms with van der Waals surface area (Å²) in [4.78, 5) is 10.5. The van der Waals surface area contributed by atoms with Crippen molar-refractivity contribution in [2.75, 3.05) is 6.26 Å². The third kappa shape index (κ3) is 2.29. The third-order valence-electron chi connectivity index (χ3n) is 1.53. The van der Waals surface area contributed by atoms with Crippen LogP contribution in [0.15, 0.2) is 29.2 Å². The van der Waals surface area contributed by atoms with Gasteiger partial charge in [-0.15, -0.1) is 0 Å². The van der Waals surface area contributed by atoms with Crippen molar-refractivity contribution in [3.63, 3.8) is 0 Å². The highest BCUT2D eigenvalue weighted by atomic mass is 32.2. The van der Waals surface area contributed by atoms with Gasteiger partial charge in [0.05, 0.1) is 10.5 Å². The predicted octanol–water partition coefficient (Wildman–Crippen LogP) is 0.788. The number of carboxylic acids is 1. The zero-order valence-corrected chi connectivity index (χ0v) is 7.71. The molecule has 0 atom stereocenters. The number of aromatic carboxylic acids is 1. The molecule has 13 heavy (non-hydrogen) atoms. The van der Waals surface area contributed by atoms with Crippen LogP contribution in [0.2, 0.25) is 0 Å². The van der Waals surface area contributed by atoms with Gasteiger partial charge in [-0.2, -0.15) is 0 Å². The quantitative estimate of drug-likeness (QED) is 0.718. The molecule has 5 heteroatoms. The fourth-order valence-corrected chi connectivity index (χ4v) is 1.48. The minimum atomic E-state index is -3.24. The summed E-state index contributed by atoms with van der Waals surface area (Å²) in [5.41, 5.74) is 0.0763. The van der Waals surface area contributed by atoms with Crippen molar-refractivity contribution in [3.8, 4) is 0 Å². The minimum Gasteiger partial charge on any atom is -0.478 e. The van der Waals surface area contributed by atoms with Crippen molar-refractivity contribution in [1.29, 1.82) is 0 Å². The number of rotatable bonds is 2. The van der Waals surface area contributed by atoms with Crippen molar-refractivity contribution in [1.82, 2.24) is 0 Å². The Bertz CT molecular complexity index is 416. The van der Waals surface area contributed by atoms with E-state index in [0.29, 0.717) is 0 Å². The van der Waals surface area contributed by atoms with Crippen LogP contribution < -0.4 is 0 Å². The molecule has 1 aromatic carbocycles. The Morgan fingerprint density at radius 2 is 1.69 bits per heavy atom. The second kappa shape index (κ2) is 3.18. The average molecular weight is 201 g/mol. The molecule has 0 bridgehead atoms. The molecule has 70 valence electrons. The molecule has 1 aromatic rings. The normalized spacial score (nSPS) is 11.2. The van der Waals surface area contributed by atoms with Gasteiger partial charge in [-0.25, -0.2) is 13.2 Å². The third-order valence-corrected chi connectivity index (χ3v) is 2.66. The van der Waals surface area contributed by atoms with Crippen LogP contribution >= 0.6 is 0 Å². The first-order valence-corrected chi connectivity index (χ1v) is 5.34. The Morgan fingerprint density at radius 1 is 1.23 bits per heavy atom. The summed E-state index contributed by atoms with van der Waals surface area (Å²) >= 11 is 0. The maximum Gasteiger partial charge on any atom is 0.335 e. The van der Waals surface area contributed by atoms with Crippen LogP contribution in [-0.4, -0.2) is 25.7 Å². The average Bonchev–Trinajstić information content (AvgIpc) is 2.03. The molecule has 0 saturated heterocycles. The molecule has 0 aliphatic rings. The lowest BCUT2D eigenvalue weighted by Gasteiger charge is -1.97. The van der Waals surface area contributed by atoms with Gasteiger partial charge in [-0.3, -0.25) is 0 Å². The highest BCUT2D eigenvalue weighted by Gasteiger charge is 2.08. The highest BCUT2D eigenvalue weighted by Crippen LogP contribution is 2.09. The van der Waals surface area contributed by atoms with Crippen molar-refractivity contribution >= 4 is 15.8 Å². The van der Waals surface area contributed by atoms with E-state index in [2.05, 4.69) is 0 Å². The maximum atomic E-state index is 11.0. The molecule has 0 aliphatic carbocycles. The van der Waals surface area contributed by atoms with Crippen LogP contribution in [0.25, 0.3) is 0 Å². The Labute approximate surface area is 75.7 Å². The van der Waals surface area contributed by atoms with Gasteiger partial charge in [0.25, 0.3) is 0 Å². The molecule has 1 rings (SSSR count). The van der Waals surface area contributed by atoms with E-state index in [1.54, 1.807) is 0 Å². The van der Waals surface area contributed by atoms with Gasteiger partial charge >= 0.3 is 5.97 Å². The van der Waals surface area contributed by atoms with Gasteiger partial charge in [-0.05, 0) is 24.3 Å². The predicted molar refractivity (Wildman–Crippen MR) is 46.5 cm³/mol. The van der Waals surface area contributed by atoms with Gasteiger partial charge in [-0.1, -0.05) is 0 Å². The fourth-order valence-electron chi connectivity index (χ4n) is 0.845. The lowest BCUT2D eigenvalue weighted by molar-refractivity contribution is 0.0697. The maximum absolute atomic E-state index is 11.0. The first kappa shape index (κ1) is 9.73. The van der Waals surface area contributed by atoms with E-state index in [1.807, 2.05) is 0 Å². The van der Waals surface area contributed by atoms with Gasteiger partial charge in [0.15, 0.2) is 9.84 Å². The number of carboxylic acid groups (broad SMARTS) is 1. The smallest absolute Gasteiger partial charge is 0.335 e. The summed E-state index contributed by atoms with van der Waals surface area (Å²) in [5, 5.41) is 8.53. The zero-order chi connectivity index (χ0) is 10.1. The van der Waals surface area contributed by atoms with Crippen LogP contribution in [-0.2, 0) is 9.84 Å². The van der Waals surface area contributed by atoms with E-state index in [0.717, 1.165) is 6.26 Å². The van der Waals surface area contributed by atoms with E-state index in [9.17, 15) is 13.2 Å². The Morgan fingerprint density at radius 3 is 2.00 bits per heavy atom. The van der Waals surface area contributed by atoms with E-state index >= 15 is 0 Å². The standard InChI is InChI=1S/C8H8O4S/c1-13(11,12)7-4-2-6(3-5-7)8(9)10/h2-5H,1H3,(H,9,10)/i1+1. The van der Waals surface area contributed by atoms with Gasteiger partial charge in [0.2, 0.25) is 0 Å². The van der Waals surface area contributed by atoms with Crippen molar-refractivity contribution in [2.45, 2.75) is 4.90 Å². The molecule has 4 nitrogen and oxygen atoms in total. The molecule has 0 radical (unpaired) electrons. The van der Waals surface area contributed by atoms with Gasteiger partial charge in [0.1, 0.15) is 0 Å². The lowest BCUT2D eigenvalue weighted by atomic mass is 10.2. The van der Waals surface area contributed by atoms with Crippen molar-refractivity contribution < 1.29 is 18.3 Å². The molecule has 0 heterocycles. The second-order valence-electron chi connectivity index (χ2n) is 2.60. The zero-order valence-electron chi connectivity index (χ0n) is 6.89. The molecular weight excluding hydrogens is 193 g/mol. The largest absolute Gasteiger partial charge is 0.478 e. The Kier molecular flexibility index (Phi) is 2.38. The van der Waals surface area contributed by atoms with E-state index in [1.165, 1.54) is 24.3 Å². The molecule has 0 unspecified atom stereocenters. The van der Waals surface area contributed by atoms with Crippen LogP contribution in [0.1, 0.15) is 10.4 Å². The molecule has 0 aliphatic heterocycles. The number of hydrogen-bond acceptors (Lipinski definition) is 3. The number of hydrogen-bond donors (Lipinski definition) is 1. The van der Waals surface area contributed by atoms with Crippen LogP contribution in [0.3, 0.4) is 0 Å².